The van der Waals surface area contributed by atoms with Crippen molar-refractivity contribution in [1.82, 2.24) is 0 Å². The van der Waals surface area contributed by atoms with Crippen molar-refractivity contribution >= 4 is 34.1 Å². The Bertz CT molecular complexity index is 3900. The topological polar surface area (TPSA) is 6.48 Å². The van der Waals surface area contributed by atoms with Crippen molar-refractivity contribution in [1.29, 1.82) is 0 Å². The van der Waals surface area contributed by atoms with Gasteiger partial charge in [-0.05, 0) is 175 Å². The largest absolute Gasteiger partial charge is 0.310 e. The lowest BCUT2D eigenvalue weighted by Gasteiger charge is -2.33. The molecule has 74 heavy (non-hydrogen) atoms. The van der Waals surface area contributed by atoms with E-state index in [1.807, 2.05) is 0 Å². The Labute approximate surface area is 434 Å². The first-order valence-corrected chi connectivity index (χ1v) is 26.4. The number of nitrogens with zero attached hydrogens (tertiary/aromatic N) is 2. The average Bonchev–Trinajstić information content (AvgIpc) is 4.23. The number of benzene rings is 11. The number of fused-ring (bicyclic) bond motifs is 15. The molecule has 0 heterocycles. The highest BCUT2D eigenvalue weighted by molar-refractivity contribution is 5.98. The van der Waals surface area contributed by atoms with Gasteiger partial charge in [-0.1, -0.05) is 207 Å². The van der Waals surface area contributed by atoms with Crippen LogP contribution in [0.1, 0.15) is 59.1 Å². The lowest BCUT2D eigenvalue weighted by molar-refractivity contribution is 0.550. The van der Waals surface area contributed by atoms with Gasteiger partial charge < -0.3 is 9.80 Å². The molecular formula is C72H52N2. The van der Waals surface area contributed by atoms with Crippen LogP contribution in [0.4, 0.5) is 34.1 Å². The molecule has 0 saturated heterocycles. The maximum absolute atomic E-state index is 2.56. The Morgan fingerprint density at radius 1 is 0.230 bits per heavy atom. The van der Waals surface area contributed by atoms with Crippen LogP contribution >= 0.6 is 0 Å². The van der Waals surface area contributed by atoms with E-state index in [2.05, 4.69) is 277 Å². The zero-order valence-corrected chi connectivity index (χ0v) is 41.1. The summed E-state index contributed by atoms with van der Waals surface area (Å²) in [4.78, 5) is 4.95. The third kappa shape index (κ3) is 6.31. The van der Waals surface area contributed by atoms with Crippen molar-refractivity contribution in [3.63, 3.8) is 0 Å². The highest BCUT2D eigenvalue weighted by atomic mass is 15.1. The van der Waals surface area contributed by atoms with Gasteiger partial charge in [0.05, 0.1) is 5.41 Å². The Morgan fingerprint density at radius 3 is 1.14 bits per heavy atom. The number of hydrogen-bond donors (Lipinski definition) is 0. The standard InChI is InChI=1S/C72H52N2/c1-4-18-49(19-5-1)51-30-34-54(35-31-51)73(53-22-8-3-9-23-53)56-40-43-68-64(46-56)63-42-39-58(48-70(63)72(68)66-28-14-11-25-60(66)61-26-12-15-29-67(61)72)74(55-36-32-52(33-37-55)50-20-6-2-7-21-50)57-38-41-62-59-24-10-13-27-65(59)71(69(62)47-57)44-16-17-45-71/h1-15,18-43,46-48H,16-17,44-45H2. The molecule has 0 bridgehead atoms. The monoisotopic (exact) mass is 944 g/mol. The summed E-state index contributed by atoms with van der Waals surface area (Å²) in [6, 6.07) is 100.0. The molecule has 2 nitrogen and oxygen atoms in total. The van der Waals surface area contributed by atoms with E-state index in [1.165, 1.54) is 120 Å². The highest BCUT2D eigenvalue weighted by Gasteiger charge is 2.52. The molecule has 11 aromatic rings. The molecule has 1 saturated carbocycles. The van der Waals surface area contributed by atoms with Crippen LogP contribution in [0.5, 0.6) is 0 Å². The Balaban J connectivity index is 0.942. The second-order valence-electron chi connectivity index (χ2n) is 20.7. The van der Waals surface area contributed by atoms with E-state index < -0.39 is 5.41 Å². The third-order valence-electron chi connectivity index (χ3n) is 17.0. The first kappa shape index (κ1) is 42.7. The smallest absolute Gasteiger partial charge is 0.0726 e. The molecule has 4 aliphatic carbocycles. The molecule has 350 valence electrons. The molecule has 4 aliphatic rings. The molecule has 0 unspecified atom stereocenters. The van der Waals surface area contributed by atoms with E-state index in [-0.39, 0.29) is 5.41 Å². The van der Waals surface area contributed by atoms with Crippen molar-refractivity contribution < 1.29 is 0 Å². The van der Waals surface area contributed by atoms with Gasteiger partial charge in [0, 0.05) is 39.5 Å². The summed E-state index contributed by atoms with van der Waals surface area (Å²) < 4.78 is 0. The number of para-hydroxylation sites is 1. The van der Waals surface area contributed by atoms with E-state index >= 15 is 0 Å². The van der Waals surface area contributed by atoms with E-state index in [1.54, 1.807) is 0 Å². The second-order valence-corrected chi connectivity index (χ2v) is 20.7. The summed E-state index contributed by atoms with van der Waals surface area (Å²) in [5.74, 6) is 0. The van der Waals surface area contributed by atoms with Crippen molar-refractivity contribution in [3.8, 4) is 55.6 Å². The zero-order valence-electron chi connectivity index (χ0n) is 41.1. The van der Waals surface area contributed by atoms with E-state index in [9.17, 15) is 0 Å². The van der Waals surface area contributed by atoms with Gasteiger partial charge in [-0.3, -0.25) is 0 Å². The van der Waals surface area contributed by atoms with Gasteiger partial charge in [0.2, 0.25) is 0 Å². The molecule has 0 aliphatic heterocycles. The quantitative estimate of drug-likeness (QED) is 0.150. The predicted octanol–water partition coefficient (Wildman–Crippen LogP) is 19.1. The molecule has 0 amide bonds. The minimum atomic E-state index is -0.544. The van der Waals surface area contributed by atoms with Crippen LogP contribution in [0.3, 0.4) is 0 Å². The minimum absolute atomic E-state index is 0.0426. The summed E-state index contributed by atoms with van der Waals surface area (Å²) >= 11 is 0. The molecule has 2 spiro atoms. The normalized spacial score (nSPS) is 14.5. The van der Waals surface area contributed by atoms with Crippen LogP contribution in [0.25, 0.3) is 55.6 Å². The third-order valence-corrected chi connectivity index (χ3v) is 17.0. The van der Waals surface area contributed by atoms with Crippen LogP contribution in [-0.4, -0.2) is 0 Å². The van der Waals surface area contributed by atoms with Crippen LogP contribution in [0, 0.1) is 0 Å². The van der Waals surface area contributed by atoms with Crippen LogP contribution in [0.15, 0.2) is 267 Å². The zero-order chi connectivity index (χ0) is 48.8. The number of anilines is 6. The molecule has 0 aromatic heterocycles. The van der Waals surface area contributed by atoms with Crippen LogP contribution in [-0.2, 0) is 10.8 Å². The first-order valence-electron chi connectivity index (χ1n) is 26.4. The Hall–Kier alpha value is -8.98. The minimum Gasteiger partial charge on any atom is -0.310 e. The van der Waals surface area contributed by atoms with E-state index in [0.29, 0.717) is 0 Å². The van der Waals surface area contributed by atoms with Crippen LogP contribution < -0.4 is 9.80 Å². The van der Waals surface area contributed by atoms with Gasteiger partial charge in [-0.15, -0.1) is 0 Å². The summed E-state index contributed by atoms with van der Waals surface area (Å²) in [7, 11) is 0. The SMILES string of the molecule is c1ccc(-c2ccc(N(c3ccccc3)c3ccc4c(c3)-c3ccc(N(c5ccc(-c6ccccc6)cc5)c5ccc6c(c5)C5(CCCC5)c5ccccc5-6)cc3C43c4ccccc4-c4ccccc43)cc2)cc1. The predicted molar refractivity (Wildman–Crippen MR) is 308 cm³/mol. The lowest BCUT2D eigenvalue weighted by Crippen LogP contribution is -2.26. The van der Waals surface area contributed by atoms with Gasteiger partial charge in [-0.2, -0.15) is 0 Å². The van der Waals surface area contributed by atoms with Gasteiger partial charge in [0.25, 0.3) is 0 Å². The molecule has 0 N–H and O–H groups in total. The van der Waals surface area contributed by atoms with Gasteiger partial charge in [-0.25, -0.2) is 0 Å². The number of hydrogen-bond acceptors (Lipinski definition) is 2. The van der Waals surface area contributed by atoms with Crippen LogP contribution in [0.2, 0.25) is 0 Å². The summed E-state index contributed by atoms with van der Waals surface area (Å²) in [5.41, 5.74) is 27.3. The maximum Gasteiger partial charge on any atom is 0.0726 e. The van der Waals surface area contributed by atoms with E-state index in [0.717, 1.165) is 28.4 Å². The van der Waals surface area contributed by atoms with Gasteiger partial charge >= 0.3 is 0 Å². The lowest BCUT2D eigenvalue weighted by atomic mass is 9.70. The fourth-order valence-electron chi connectivity index (χ4n) is 13.8. The molecule has 15 rings (SSSR count). The molecule has 0 radical (unpaired) electrons. The first-order chi connectivity index (χ1) is 36.7. The summed E-state index contributed by atoms with van der Waals surface area (Å²) in [5, 5.41) is 0. The van der Waals surface area contributed by atoms with Crippen molar-refractivity contribution in [3.05, 3.63) is 300 Å². The van der Waals surface area contributed by atoms with Gasteiger partial charge in [0.15, 0.2) is 0 Å². The fraction of sp³-hybridized carbons (Fsp3) is 0.0833. The van der Waals surface area contributed by atoms with Crippen molar-refractivity contribution in [2.75, 3.05) is 9.80 Å². The summed E-state index contributed by atoms with van der Waals surface area (Å²) in [6.07, 6.45) is 4.88. The molecule has 2 heteroatoms. The summed E-state index contributed by atoms with van der Waals surface area (Å²) in [6.45, 7) is 0. The Kier molecular flexibility index (Phi) is 9.69. The number of rotatable bonds is 8. The fourth-order valence-corrected chi connectivity index (χ4v) is 13.8. The van der Waals surface area contributed by atoms with E-state index in [4.69, 9.17) is 0 Å². The highest BCUT2D eigenvalue weighted by Crippen LogP contribution is 2.64. The molecule has 0 atom stereocenters. The molecule has 11 aromatic carbocycles. The molecular weight excluding hydrogens is 893 g/mol. The average molecular weight is 945 g/mol. The maximum atomic E-state index is 2.56. The second kappa shape index (κ2) is 16.8. The molecule has 1 fully saturated rings. The van der Waals surface area contributed by atoms with Crippen molar-refractivity contribution in [2.45, 2.75) is 36.5 Å². The van der Waals surface area contributed by atoms with Gasteiger partial charge in [0.1, 0.15) is 0 Å². The Morgan fingerprint density at radius 2 is 0.581 bits per heavy atom. The van der Waals surface area contributed by atoms with Crippen molar-refractivity contribution in [2.24, 2.45) is 0 Å².